The summed E-state index contributed by atoms with van der Waals surface area (Å²) in [6.07, 6.45) is -1.19. The number of hydrogen-bond acceptors (Lipinski definition) is 4. The normalized spacial score (nSPS) is 13.1. The minimum absolute atomic E-state index is 0.0201. The Morgan fingerprint density at radius 2 is 1.65 bits per heavy atom. The van der Waals surface area contributed by atoms with Crippen molar-refractivity contribution in [3.8, 4) is 22.4 Å². The number of carbonyl (C=O) groups excluding carboxylic acids is 1. The zero-order valence-electron chi connectivity index (χ0n) is 19.5. The number of aliphatic hydroxyl groups excluding tert-OH is 2. The average Bonchev–Trinajstić information content (AvgIpc) is 3.12. The lowest BCUT2D eigenvalue weighted by molar-refractivity contribution is -0.139. The Balaban J connectivity index is 2.11. The SMILES string of the molecule is CC(C)c1c(C=O)c(-c2ccccc2)c(-c2ccc(P)cc2)n1CC[C@@H](O)C[C@@H](O)CC(=O)O. The van der Waals surface area contributed by atoms with Crippen molar-refractivity contribution in [3.63, 3.8) is 0 Å². The monoisotopic (exact) mass is 481 g/mol. The van der Waals surface area contributed by atoms with Gasteiger partial charge in [0, 0.05) is 23.4 Å². The van der Waals surface area contributed by atoms with E-state index in [1.165, 1.54) is 0 Å². The molecule has 1 heterocycles. The van der Waals surface area contributed by atoms with Gasteiger partial charge in [0.05, 0.1) is 24.3 Å². The van der Waals surface area contributed by atoms with Gasteiger partial charge in [-0.15, -0.1) is 9.24 Å². The highest BCUT2D eigenvalue weighted by atomic mass is 31.0. The number of nitrogens with zero attached hydrogens (tertiary/aromatic N) is 1. The van der Waals surface area contributed by atoms with Crippen LogP contribution in [0.4, 0.5) is 0 Å². The van der Waals surface area contributed by atoms with E-state index in [9.17, 15) is 19.8 Å². The Bertz CT molecular complexity index is 1120. The second-order valence-electron chi connectivity index (χ2n) is 8.86. The van der Waals surface area contributed by atoms with Crippen LogP contribution in [-0.2, 0) is 11.3 Å². The predicted octanol–water partition coefficient (Wildman–Crippen LogP) is 4.24. The number of aliphatic hydroxyl groups is 2. The Kier molecular flexibility index (Phi) is 8.78. The third-order valence-corrected chi connectivity index (χ3v) is 6.28. The van der Waals surface area contributed by atoms with Crippen LogP contribution in [0.2, 0.25) is 0 Å². The molecule has 0 saturated heterocycles. The lowest BCUT2D eigenvalue weighted by atomic mass is 9.96. The van der Waals surface area contributed by atoms with Crippen LogP contribution in [0.1, 0.15) is 55.1 Å². The molecular formula is C27H32NO5P. The maximum atomic E-state index is 12.4. The van der Waals surface area contributed by atoms with Gasteiger partial charge in [-0.05, 0) is 35.2 Å². The maximum Gasteiger partial charge on any atom is 0.305 e. The maximum absolute atomic E-state index is 12.4. The van der Waals surface area contributed by atoms with Crippen molar-refractivity contribution in [3.05, 3.63) is 65.9 Å². The third-order valence-electron chi connectivity index (χ3n) is 5.89. The van der Waals surface area contributed by atoms with Crippen LogP contribution in [0.25, 0.3) is 22.4 Å². The Labute approximate surface area is 202 Å². The van der Waals surface area contributed by atoms with Gasteiger partial charge >= 0.3 is 5.97 Å². The largest absolute Gasteiger partial charge is 0.481 e. The van der Waals surface area contributed by atoms with Gasteiger partial charge in [-0.25, -0.2) is 0 Å². The molecule has 2 aromatic carbocycles. The van der Waals surface area contributed by atoms with Crippen LogP contribution in [0.3, 0.4) is 0 Å². The highest BCUT2D eigenvalue weighted by molar-refractivity contribution is 7.27. The molecule has 1 aromatic heterocycles. The van der Waals surface area contributed by atoms with Crippen LogP contribution >= 0.6 is 9.24 Å². The van der Waals surface area contributed by atoms with E-state index in [2.05, 4.69) is 13.8 Å². The predicted molar refractivity (Wildman–Crippen MR) is 138 cm³/mol. The van der Waals surface area contributed by atoms with Crippen LogP contribution < -0.4 is 5.30 Å². The molecule has 0 aliphatic carbocycles. The van der Waals surface area contributed by atoms with Gasteiger partial charge in [0.1, 0.15) is 0 Å². The van der Waals surface area contributed by atoms with Gasteiger partial charge in [0.15, 0.2) is 6.29 Å². The van der Waals surface area contributed by atoms with E-state index in [0.29, 0.717) is 18.5 Å². The number of aromatic nitrogens is 1. The highest BCUT2D eigenvalue weighted by Crippen LogP contribution is 2.41. The molecule has 0 saturated carbocycles. The van der Waals surface area contributed by atoms with Crippen molar-refractivity contribution >= 4 is 26.8 Å². The second kappa shape index (κ2) is 11.6. The van der Waals surface area contributed by atoms with Gasteiger partial charge in [-0.2, -0.15) is 0 Å². The molecule has 3 aromatic rings. The lowest BCUT2D eigenvalue weighted by Crippen LogP contribution is -2.22. The third kappa shape index (κ3) is 6.01. The summed E-state index contributed by atoms with van der Waals surface area (Å²) in [4.78, 5) is 23.3. The first-order valence-corrected chi connectivity index (χ1v) is 12.0. The van der Waals surface area contributed by atoms with Gasteiger partial charge in [0.25, 0.3) is 0 Å². The van der Waals surface area contributed by atoms with Crippen LogP contribution in [-0.4, -0.2) is 44.4 Å². The summed E-state index contributed by atoms with van der Waals surface area (Å²) in [6.45, 7) is 4.49. The van der Waals surface area contributed by atoms with Crippen molar-refractivity contribution in [1.29, 1.82) is 0 Å². The van der Waals surface area contributed by atoms with Gasteiger partial charge in [-0.1, -0.05) is 68.4 Å². The molecule has 0 amide bonds. The zero-order chi connectivity index (χ0) is 24.8. The first-order valence-electron chi connectivity index (χ1n) is 11.4. The quantitative estimate of drug-likeness (QED) is 0.281. The molecule has 0 aliphatic heterocycles. The Morgan fingerprint density at radius 1 is 1.00 bits per heavy atom. The summed E-state index contributed by atoms with van der Waals surface area (Å²) < 4.78 is 2.10. The molecular weight excluding hydrogens is 449 g/mol. The fraction of sp³-hybridized carbons (Fsp3) is 0.333. The van der Waals surface area contributed by atoms with E-state index in [1.807, 2.05) is 68.4 Å². The highest BCUT2D eigenvalue weighted by Gasteiger charge is 2.26. The minimum atomic E-state index is -1.11. The summed E-state index contributed by atoms with van der Waals surface area (Å²) >= 11 is 0. The smallest absolute Gasteiger partial charge is 0.305 e. The fourth-order valence-corrected chi connectivity index (χ4v) is 4.66. The number of aldehydes is 1. The molecule has 1 unspecified atom stereocenters. The van der Waals surface area contributed by atoms with Crippen molar-refractivity contribution in [1.82, 2.24) is 4.57 Å². The summed E-state index contributed by atoms with van der Waals surface area (Å²) in [5.41, 5.74) is 5.17. The number of carbonyl (C=O) groups is 2. The first kappa shape index (κ1) is 25.8. The Hall–Kier alpha value is -2.79. The van der Waals surface area contributed by atoms with E-state index >= 15 is 0 Å². The van der Waals surface area contributed by atoms with E-state index in [4.69, 9.17) is 5.11 Å². The van der Waals surface area contributed by atoms with Crippen LogP contribution in [0.15, 0.2) is 54.6 Å². The molecule has 3 N–H and O–H groups in total. The molecule has 0 spiro atoms. The molecule has 180 valence electrons. The number of carboxylic acid groups (broad SMARTS) is 1. The minimum Gasteiger partial charge on any atom is -0.481 e. The molecule has 7 heteroatoms. The van der Waals surface area contributed by atoms with E-state index < -0.39 is 24.6 Å². The molecule has 3 atom stereocenters. The number of carboxylic acids is 1. The average molecular weight is 482 g/mol. The topological polar surface area (TPSA) is 99.8 Å². The molecule has 0 radical (unpaired) electrons. The molecule has 0 fully saturated rings. The Morgan fingerprint density at radius 3 is 2.21 bits per heavy atom. The van der Waals surface area contributed by atoms with Gasteiger partial charge < -0.3 is 19.9 Å². The van der Waals surface area contributed by atoms with E-state index in [1.54, 1.807) is 0 Å². The molecule has 0 aliphatic rings. The van der Waals surface area contributed by atoms with Crippen LogP contribution in [0, 0.1) is 0 Å². The molecule has 34 heavy (non-hydrogen) atoms. The van der Waals surface area contributed by atoms with E-state index in [-0.39, 0.29) is 12.3 Å². The second-order valence-corrected chi connectivity index (χ2v) is 9.53. The first-order chi connectivity index (χ1) is 16.2. The lowest BCUT2D eigenvalue weighted by Gasteiger charge is -2.20. The van der Waals surface area contributed by atoms with E-state index in [0.717, 1.165) is 39.7 Å². The number of benzene rings is 2. The number of aliphatic carboxylic acids is 1. The number of rotatable bonds is 11. The number of hydrogen-bond donors (Lipinski definition) is 3. The summed E-state index contributed by atoms with van der Waals surface area (Å²) in [5, 5.41) is 30.4. The molecule has 3 rings (SSSR count). The molecule has 6 nitrogen and oxygen atoms in total. The molecule has 0 bridgehead atoms. The van der Waals surface area contributed by atoms with Crippen molar-refractivity contribution < 1.29 is 24.9 Å². The van der Waals surface area contributed by atoms with Gasteiger partial charge in [-0.3, -0.25) is 9.59 Å². The van der Waals surface area contributed by atoms with Gasteiger partial charge in [0.2, 0.25) is 0 Å². The summed E-state index contributed by atoms with van der Waals surface area (Å²) in [5.74, 6) is -1.05. The van der Waals surface area contributed by atoms with Crippen LogP contribution in [0.5, 0.6) is 0 Å². The summed E-state index contributed by atoms with van der Waals surface area (Å²) in [6, 6.07) is 17.8. The van der Waals surface area contributed by atoms with Crippen molar-refractivity contribution in [2.45, 2.75) is 57.8 Å². The fourth-order valence-electron chi connectivity index (χ4n) is 4.46. The van der Waals surface area contributed by atoms with Crippen molar-refractivity contribution in [2.24, 2.45) is 0 Å². The zero-order valence-corrected chi connectivity index (χ0v) is 20.7. The standard InChI is InChI=1S/C27H32NO5P/c1-17(2)26-23(16-29)25(18-6-4-3-5-7-18)27(19-8-10-22(34)11-9-19)28(26)13-12-20(30)14-21(31)15-24(32)33/h3-11,16-17,20-21,30-31H,12-15,34H2,1-2H3,(H,32,33)/t20-,21-/m1/s1. The summed E-state index contributed by atoms with van der Waals surface area (Å²) in [7, 11) is 2.67. The van der Waals surface area contributed by atoms with Crippen molar-refractivity contribution in [2.75, 3.05) is 0 Å².